The van der Waals surface area contributed by atoms with Gasteiger partial charge in [0, 0.05) is 18.7 Å². The number of amides is 1. The summed E-state index contributed by atoms with van der Waals surface area (Å²) in [6.07, 6.45) is 0. The van der Waals surface area contributed by atoms with Crippen molar-refractivity contribution in [3.8, 4) is 11.5 Å². The molecule has 1 aromatic carbocycles. The molecule has 136 valence electrons. The standard InChI is InChI=1S/C16H20N2O5S2/c1-10(19)17-16-18(12-8-25(20,21)9-15(12)24-16)7-11-4-5-13(22-2)14(6-11)23-3/h4-6,12,15H,7-9H2,1-3H3/t12-,15+/m1/s1. The molecule has 0 radical (unpaired) electrons. The summed E-state index contributed by atoms with van der Waals surface area (Å²) in [7, 11) is 0.0815. The van der Waals surface area contributed by atoms with E-state index in [2.05, 4.69) is 4.99 Å². The van der Waals surface area contributed by atoms with Crippen molar-refractivity contribution >= 4 is 32.7 Å². The molecular formula is C16H20N2O5S2. The van der Waals surface area contributed by atoms with Crippen LogP contribution in [0.15, 0.2) is 23.2 Å². The van der Waals surface area contributed by atoms with E-state index in [9.17, 15) is 13.2 Å². The van der Waals surface area contributed by atoms with E-state index in [0.29, 0.717) is 23.2 Å². The molecule has 2 saturated heterocycles. The molecule has 0 unspecified atom stereocenters. The molecule has 2 atom stereocenters. The van der Waals surface area contributed by atoms with E-state index in [-0.39, 0.29) is 28.7 Å². The second-order valence-corrected chi connectivity index (χ2v) is 9.39. The van der Waals surface area contributed by atoms with Crippen LogP contribution in [0.25, 0.3) is 0 Å². The molecule has 2 heterocycles. The molecule has 7 nitrogen and oxygen atoms in total. The van der Waals surface area contributed by atoms with E-state index < -0.39 is 9.84 Å². The second-order valence-electron chi connectivity index (χ2n) is 6.03. The monoisotopic (exact) mass is 384 g/mol. The number of thioether (sulfide) groups is 1. The van der Waals surface area contributed by atoms with Crippen molar-refractivity contribution in [3.05, 3.63) is 23.8 Å². The highest BCUT2D eigenvalue weighted by molar-refractivity contribution is 8.15. The van der Waals surface area contributed by atoms with Gasteiger partial charge in [0.2, 0.25) is 5.91 Å². The van der Waals surface area contributed by atoms with Crippen LogP contribution < -0.4 is 9.47 Å². The third-order valence-corrected chi connectivity index (χ3v) is 7.48. The van der Waals surface area contributed by atoms with E-state index in [4.69, 9.17) is 9.47 Å². The molecule has 0 N–H and O–H groups in total. The summed E-state index contributed by atoms with van der Waals surface area (Å²) in [6, 6.07) is 5.39. The van der Waals surface area contributed by atoms with Crippen LogP contribution in [0.2, 0.25) is 0 Å². The number of carbonyl (C=O) groups excluding carboxylic acids is 1. The minimum absolute atomic E-state index is 0.0803. The maximum absolute atomic E-state index is 12.0. The first-order valence-corrected chi connectivity index (χ1v) is 10.5. The fraction of sp³-hybridized carbons (Fsp3) is 0.500. The lowest BCUT2D eigenvalue weighted by Gasteiger charge is -2.24. The van der Waals surface area contributed by atoms with Crippen LogP contribution >= 0.6 is 11.8 Å². The topological polar surface area (TPSA) is 85.3 Å². The highest BCUT2D eigenvalue weighted by atomic mass is 32.2. The predicted octanol–water partition coefficient (Wildman–Crippen LogP) is 1.32. The Hall–Kier alpha value is -1.74. The summed E-state index contributed by atoms with van der Waals surface area (Å²) in [4.78, 5) is 17.4. The van der Waals surface area contributed by atoms with Gasteiger partial charge in [-0.2, -0.15) is 4.99 Å². The number of fused-ring (bicyclic) bond motifs is 1. The molecule has 2 fully saturated rings. The number of carbonyl (C=O) groups is 1. The third-order valence-electron chi connectivity index (χ3n) is 4.23. The molecule has 1 amide bonds. The Morgan fingerprint density at radius 3 is 2.64 bits per heavy atom. The highest BCUT2D eigenvalue weighted by Crippen LogP contribution is 2.39. The number of nitrogens with zero attached hydrogens (tertiary/aromatic N) is 2. The van der Waals surface area contributed by atoms with Gasteiger partial charge in [-0.25, -0.2) is 8.42 Å². The number of rotatable bonds is 4. The lowest BCUT2D eigenvalue weighted by Crippen LogP contribution is -2.37. The van der Waals surface area contributed by atoms with E-state index in [0.717, 1.165) is 5.56 Å². The predicted molar refractivity (Wildman–Crippen MR) is 97.0 cm³/mol. The maximum Gasteiger partial charge on any atom is 0.244 e. The number of hydrogen-bond donors (Lipinski definition) is 0. The molecule has 2 aliphatic heterocycles. The number of aliphatic imine (C=N–C) groups is 1. The van der Waals surface area contributed by atoms with Gasteiger partial charge in [-0.1, -0.05) is 17.8 Å². The van der Waals surface area contributed by atoms with Gasteiger partial charge in [0.1, 0.15) is 0 Å². The summed E-state index contributed by atoms with van der Waals surface area (Å²) < 4.78 is 34.5. The average molecular weight is 384 g/mol. The zero-order valence-corrected chi connectivity index (χ0v) is 15.9. The Labute approximate surface area is 151 Å². The van der Waals surface area contributed by atoms with Crippen molar-refractivity contribution in [1.82, 2.24) is 4.90 Å². The number of amidine groups is 1. The SMILES string of the molecule is COc1ccc(CN2C(=NC(C)=O)S[C@H]3CS(=O)(=O)C[C@H]32)cc1OC. The number of sulfone groups is 1. The van der Waals surface area contributed by atoms with Gasteiger partial charge in [-0.3, -0.25) is 4.79 Å². The molecule has 25 heavy (non-hydrogen) atoms. The van der Waals surface area contributed by atoms with Gasteiger partial charge in [0.05, 0.1) is 31.8 Å². The Morgan fingerprint density at radius 1 is 1.28 bits per heavy atom. The van der Waals surface area contributed by atoms with Crippen molar-refractivity contribution in [2.45, 2.75) is 24.8 Å². The Morgan fingerprint density at radius 2 is 2.00 bits per heavy atom. The normalized spacial score (nSPS) is 25.9. The quantitative estimate of drug-likeness (QED) is 0.774. The van der Waals surface area contributed by atoms with Crippen LogP contribution in [0.5, 0.6) is 11.5 Å². The van der Waals surface area contributed by atoms with Crippen LogP contribution in [-0.2, 0) is 21.2 Å². The van der Waals surface area contributed by atoms with Crippen molar-refractivity contribution in [2.75, 3.05) is 25.7 Å². The van der Waals surface area contributed by atoms with Gasteiger partial charge >= 0.3 is 0 Å². The van der Waals surface area contributed by atoms with Crippen molar-refractivity contribution in [1.29, 1.82) is 0 Å². The summed E-state index contributed by atoms with van der Waals surface area (Å²) in [5.74, 6) is 1.16. The molecule has 0 spiro atoms. The largest absolute Gasteiger partial charge is 0.493 e. The van der Waals surface area contributed by atoms with Crippen LogP contribution in [-0.4, -0.2) is 61.4 Å². The van der Waals surface area contributed by atoms with E-state index in [1.54, 1.807) is 14.2 Å². The molecule has 9 heteroatoms. The summed E-state index contributed by atoms with van der Waals surface area (Å²) in [5, 5.41) is 0.510. The second kappa shape index (κ2) is 6.87. The van der Waals surface area contributed by atoms with E-state index in [1.807, 2.05) is 23.1 Å². The molecule has 0 aromatic heterocycles. The number of hydrogen-bond acceptors (Lipinski definition) is 6. The highest BCUT2D eigenvalue weighted by Gasteiger charge is 2.48. The van der Waals surface area contributed by atoms with Gasteiger partial charge in [-0.05, 0) is 17.7 Å². The molecule has 0 aliphatic carbocycles. The number of methoxy groups -OCH3 is 2. The summed E-state index contributed by atoms with van der Waals surface area (Å²) >= 11 is 1.38. The van der Waals surface area contributed by atoms with Gasteiger partial charge in [-0.15, -0.1) is 0 Å². The zero-order valence-electron chi connectivity index (χ0n) is 14.3. The maximum atomic E-state index is 12.0. The van der Waals surface area contributed by atoms with Crippen molar-refractivity contribution in [2.24, 2.45) is 4.99 Å². The van der Waals surface area contributed by atoms with E-state index in [1.165, 1.54) is 18.7 Å². The van der Waals surface area contributed by atoms with Crippen LogP contribution in [0.1, 0.15) is 12.5 Å². The van der Waals surface area contributed by atoms with Crippen molar-refractivity contribution < 1.29 is 22.7 Å². The van der Waals surface area contributed by atoms with E-state index >= 15 is 0 Å². The Bertz CT molecular complexity index is 822. The number of benzene rings is 1. The van der Waals surface area contributed by atoms with Gasteiger partial charge < -0.3 is 14.4 Å². The third kappa shape index (κ3) is 3.77. The lowest BCUT2D eigenvalue weighted by atomic mass is 10.1. The first kappa shape index (κ1) is 18.1. The summed E-state index contributed by atoms with van der Waals surface area (Å²) in [5.41, 5.74) is 0.930. The molecule has 0 saturated carbocycles. The molecule has 0 bridgehead atoms. The van der Waals surface area contributed by atoms with Gasteiger partial charge in [0.25, 0.3) is 0 Å². The van der Waals surface area contributed by atoms with Crippen molar-refractivity contribution in [3.63, 3.8) is 0 Å². The zero-order chi connectivity index (χ0) is 18.2. The average Bonchev–Trinajstić information content (AvgIpc) is 2.99. The lowest BCUT2D eigenvalue weighted by molar-refractivity contribution is -0.115. The number of ether oxygens (including phenoxy) is 2. The van der Waals surface area contributed by atoms with Crippen LogP contribution in [0, 0.1) is 0 Å². The molecular weight excluding hydrogens is 364 g/mol. The van der Waals surface area contributed by atoms with Gasteiger partial charge in [0.15, 0.2) is 26.5 Å². The first-order valence-electron chi connectivity index (χ1n) is 7.77. The minimum Gasteiger partial charge on any atom is -0.493 e. The minimum atomic E-state index is -3.05. The Balaban J connectivity index is 1.90. The fourth-order valence-electron chi connectivity index (χ4n) is 3.13. The smallest absolute Gasteiger partial charge is 0.244 e. The van der Waals surface area contributed by atoms with Crippen LogP contribution in [0.3, 0.4) is 0 Å². The molecule has 2 aliphatic rings. The first-order chi connectivity index (χ1) is 11.8. The summed E-state index contributed by atoms with van der Waals surface area (Å²) in [6.45, 7) is 1.85. The fourth-order valence-corrected chi connectivity index (χ4v) is 7.13. The molecule has 1 aromatic rings. The Kier molecular flexibility index (Phi) is 4.97. The molecule has 3 rings (SSSR count). The van der Waals surface area contributed by atoms with Crippen LogP contribution in [0.4, 0.5) is 0 Å².